The van der Waals surface area contributed by atoms with Crippen LogP contribution in [0.4, 0.5) is 5.13 Å². The minimum atomic E-state index is 0.696. The lowest BCUT2D eigenvalue weighted by molar-refractivity contribution is 0.564. The molecule has 3 aromatic heterocycles. The number of aryl methyl sites for hydroxylation is 1. The molecule has 0 aliphatic carbocycles. The van der Waals surface area contributed by atoms with Gasteiger partial charge >= 0.3 is 0 Å². The first kappa shape index (κ1) is 14.7. The van der Waals surface area contributed by atoms with E-state index in [0.29, 0.717) is 6.54 Å². The maximum absolute atomic E-state index is 5.08. The van der Waals surface area contributed by atoms with Gasteiger partial charge in [-0.2, -0.15) is 5.10 Å². The lowest BCUT2D eigenvalue weighted by Gasteiger charge is -1.99. The minimum absolute atomic E-state index is 0.696. The predicted molar refractivity (Wildman–Crippen MR) is 95.4 cm³/mol. The summed E-state index contributed by atoms with van der Waals surface area (Å²) in [6.45, 7) is 2.71. The zero-order valence-corrected chi connectivity index (χ0v) is 14.0. The fourth-order valence-corrected chi connectivity index (χ4v) is 3.38. The second kappa shape index (κ2) is 6.33. The Balaban J connectivity index is 1.55. The number of aromatic nitrogens is 3. The molecule has 1 aromatic carbocycles. The van der Waals surface area contributed by atoms with E-state index < -0.39 is 0 Å². The van der Waals surface area contributed by atoms with E-state index in [0.717, 1.165) is 32.6 Å². The smallest absolute Gasteiger partial charge is 0.183 e. The molecule has 0 atom stereocenters. The number of rotatable bonds is 5. The summed E-state index contributed by atoms with van der Waals surface area (Å²) in [7, 11) is 0. The Morgan fingerprint density at radius 2 is 2.04 bits per heavy atom. The van der Waals surface area contributed by atoms with Crippen LogP contribution >= 0.6 is 11.3 Å². The molecule has 0 aliphatic heterocycles. The maximum Gasteiger partial charge on any atom is 0.183 e. The van der Waals surface area contributed by atoms with Crippen LogP contribution < -0.4 is 5.32 Å². The lowest BCUT2D eigenvalue weighted by Crippen LogP contribution is -1.97. The highest BCUT2D eigenvalue weighted by Crippen LogP contribution is 2.32. The topological polar surface area (TPSA) is 55.9 Å². The normalized spacial score (nSPS) is 10.9. The van der Waals surface area contributed by atoms with Crippen LogP contribution in [0.3, 0.4) is 0 Å². The summed E-state index contributed by atoms with van der Waals surface area (Å²) in [6, 6.07) is 14.0. The zero-order chi connectivity index (χ0) is 16.4. The Labute approximate surface area is 143 Å². The molecule has 3 heterocycles. The van der Waals surface area contributed by atoms with Gasteiger partial charge in [0.05, 0.1) is 28.8 Å². The number of benzene rings is 1. The number of nitrogens with zero attached hydrogens (tertiary/aromatic N) is 3. The third-order valence-electron chi connectivity index (χ3n) is 3.66. The van der Waals surface area contributed by atoms with Gasteiger partial charge in [0.25, 0.3) is 0 Å². The van der Waals surface area contributed by atoms with E-state index in [1.54, 1.807) is 23.9 Å². The first-order chi connectivity index (χ1) is 11.8. The van der Waals surface area contributed by atoms with Crippen LogP contribution in [0.25, 0.3) is 16.3 Å². The van der Waals surface area contributed by atoms with E-state index in [2.05, 4.69) is 15.4 Å². The van der Waals surface area contributed by atoms with Crippen molar-refractivity contribution in [3.05, 3.63) is 72.4 Å². The van der Waals surface area contributed by atoms with Gasteiger partial charge in [-0.15, -0.1) is 0 Å². The highest BCUT2D eigenvalue weighted by atomic mass is 32.1. The third kappa shape index (κ3) is 2.96. The summed E-state index contributed by atoms with van der Waals surface area (Å²) < 4.78 is 6.96. The second-order valence-corrected chi connectivity index (χ2v) is 6.40. The van der Waals surface area contributed by atoms with Crippen molar-refractivity contribution in [2.24, 2.45) is 0 Å². The zero-order valence-electron chi connectivity index (χ0n) is 13.1. The molecule has 0 radical (unpaired) electrons. The predicted octanol–water partition coefficient (Wildman–Crippen LogP) is 4.51. The summed E-state index contributed by atoms with van der Waals surface area (Å²) in [5, 5.41) is 8.90. The van der Waals surface area contributed by atoms with Gasteiger partial charge < -0.3 is 9.73 Å². The van der Waals surface area contributed by atoms with E-state index in [4.69, 9.17) is 4.42 Å². The van der Waals surface area contributed by atoms with Crippen LogP contribution in [0.5, 0.6) is 0 Å². The summed E-state index contributed by atoms with van der Waals surface area (Å²) in [5.41, 5.74) is 4.06. The second-order valence-electron chi connectivity index (χ2n) is 5.40. The maximum atomic E-state index is 5.08. The molecule has 0 amide bonds. The van der Waals surface area contributed by atoms with E-state index >= 15 is 0 Å². The average Bonchev–Trinajstić information content (AvgIpc) is 3.34. The van der Waals surface area contributed by atoms with Crippen LogP contribution in [0.1, 0.15) is 11.3 Å². The third-order valence-corrected chi connectivity index (χ3v) is 4.80. The van der Waals surface area contributed by atoms with Gasteiger partial charge in [0.1, 0.15) is 5.69 Å². The van der Waals surface area contributed by atoms with Crippen molar-refractivity contribution in [1.29, 1.82) is 0 Å². The molecule has 4 aromatic rings. The van der Waals surface area contributed by atoms with Gasteiger partial charge in [-0.3, -0.25) is 0 Å². The summed E-state index contributed by atoms with van der Waals surface area (Å²) >= 11 is 1.61. The SMILES string of the molecule is Cc1nc(NCc2ccoc2)sc1-c1ccn(-c2ccccc2)n1. The number of anilines is 1. The first-order valence-corrected chi connectivity index (χ1v) is 8.45. The number of hydrogen-bond donors (Lipinski definition) is 1. The Kier molecular flexibility index (Phi) is 3.88. The van der Waals surface area contributed by atoms with Crippen LogP contribution in [-0.2, 0) is 6.54 Å². The number of para-hydroxylation sites is 1. The van der Waals surface area contributed by atoms with Gasteiger partial charge in [-0.1, -0.05) is 29.5 Å². The highest BCUT2D eigenvalue weighted by molar-refractivity contribution is 7.19. The molecule has 0 aliphatic rings. The van der Waals surface area contributed by atoms with E-state index in [1.165, 1.54) is 0 Å². The number of thiazole rings is 1. The molecule has 0 bridgehead atoms. The van der Waals surface area contributed by atoms with E-state index in [9.17, 15) is 0 Å². The highest BCUT2D eigenvalue weighted by Gasteiger charge is 2.13. The van der Waals surface area contributed by atoms with Crippen molar-refractivity contribution in [2.75, 3.05) is 5.32 Å². The van der Waals surface area contributed by atoms with Crippen molar-refractivity contribution < 1.29 is 4.42 Å². The standard InChI is InChI=1S/C18H16N4OS/c1-13-17(24-18(20-13)19-11-14-8-10-23-12-14)16-7-9-22(21-16)15-5-3-2-4-6-15/h2-10,12H,11H2,1H3,(H,19,20). The van der Waals surface area contributed by atoms with E-state index in [-0.39, 0.29) is 0 Å². The van der Waals surface area contributed by atoms with Crippen molar-refractivity contribution >= 4 is 16.5 Å². The Hall–Kier alpha value is -2.86. The van der Waals surface area contributed by atoms with E-state index in [1.807, 2.05) is 60.3 Å². The Morgan fingerprint density at radius 3 is 2.83 bits per heavy atom. The number of nitrogens with one attached hydrogen (secondary N) is 1. The molecule has 4 rings (SSSR count). The molecule has 1 N–H and O–H groups in total. The van der Waals surface area contributed by atoms with Crippen molar-refractivity contribution in [1.82, 2.24) is 14.8 Å². The largest absolute Gasteiger partial charge is 0.472 e. The summed E-state index contributed by atoms with van der Waals surface area (Å²) in [4.78, 5) is 5.68. The molecule has 0 unspecified atom stereocenters. The van der Waals surface area contributed by atoms with Gasteiger partial charge in [0, 0.05) is 18.3 Å². The fourth-order valence-electron chi connectivity index (χ4n) is 2.45. The summed E-state index contributed by atoms with van der Waals surface area (Å²) in [5.74, 6) is 0. The van der Waals surface area contributed by atoms with Crippen LogP contribution in [0.15, 0.2) is 65.6 Å². The van der Waals surface area contributed by atoms with Gasteiger partial charge in [0.2, 0.25) is 0 Å². The minimum Gasteiger partial charge on any atom is -0.472 e. The summed E-state index contributed by atoms with van der Waals surface area (Å²) in [6.07, 6.45) is 5.38. The molecule has 6 heteroatoms. The molecule has 24 heavy (non-hydrogen) atoms. The molecule has 0 saturated carbocycles. The quantitative estimate of drug-likeness (QED) is 0.582. The fraction of sp³-hybridized carbons (Fsp3) is 0.111. The Morgan fingerprint density at radius 1 is 1.17 bits per heavy atom. The van der Waals surface area contributed by atoms with Crippen LogP contribution in [0, 0.1) is 6.92 Å². The first-order valence-electron chi connectivity index (χ1n) is 7.63. The molecule has 0 saturated heterocycles. The molecule has 120 valence electrons. The van der Waals surface area contributed by atoms with Gasteiger partial charge in [-0.05, 0) is 31.2 Å². The molecule has 0 fully saturated rings. The van der Waals surface area contributed by atoms with Crippen molar-refractivity contribution in [2.45, 2.75) is 13.5 Å². The molecule has 5 nitrogen and oxygen atoms in total. The average molecular weight is 336 g/mol. The Bertz CT molecular complexity index is 925. The molecule has 0 spiro atoms. The van der Waals surface area contributed by atoms with Gasteiger partial charge in [-0.25, -0.2) is 9.67 Å². The molecular weight excluding hydrogens is 320 g/mol. The van der Waals surface area contributed by atoms with Crippen molar-refractivity contribution in [3.63, 3.8) is 0 Å². The lowest BCUT2D eigenvalue weighted by atomic mass is 10.3. The number of hydrogen-bond acceptors (Lipinski definition) is 5. The number of furan rings is 1. The van der Waals surface area contributed by atoms with Crippen LogP contribution in [0.2, 0.25) is 0 Å². The van der Waals surface area contributed by atoms with Crippen LogP contribution in [-0.4, -0.2) is 14.8 Å². The van der Waals surface area contributed by atoms with Gasteiger partial charge in [0.15, 0.2) is 5.13 Å². The molecular formula is C18H16N4OS. The monoisotopic (exact) mass is 336 g/mol. The van der Waals surface area contributed by atoms with Crippen molar-refractivity contribution in [3.8, 4) is 16.3 Å².